The molecule has 104 valence electrons. The van der Waals surface area contributed by atoms with Crippen LogP contribution in [0.25, 0.3) is 0 Å². The first-order valence-electron chi connectivity index (χ1n) is 6.01. The highest BCUT2D eigenvalue weighted by Gasteiger charge is 2.13. The van der Waals surface area contributed by atoms with E-state index in [1.807, 2.05) is 36.2 Å². The van der Waals surface area contributed by atoms with Gasteiger partial charge in [-0.2, -0.15) is 0 Å². The molecule has 1 aromatic heterocycles. The second kappa shape index (κ2) is 6.58. The van der Waals surface area contributed by atoms with Crippen molar-refractivity contribution in [1.29, 1.82) is 0 Å². The Morgan fingerprint density at radius 3 is 2.65 bits per heavy atom. The summed E-state index contributed by atoms with van der Waals surface area (Å²) in [6.45, 7) is 1.18. The summed E-state index contributed by atoms with van der Waals surface area (Å²) in [5, 5.41) is 9.10. The van der Waals surface area contributed by atoms with Gasteiger partial charge in [-0.15, -0.1) is 0 Å². The summed E-state index contributed by atoms with van der Waals surface area (Å²) in [6.07, 6.45) is 2.70. The predicted molar refractivity (Wildman–Crippen MR) is 78.3 cm³/mol. The molecular weight excluding hydrogens is 322 g/mol. The number of aromatic nitrogens is 2. The first-order chi connectivity index (χ1) is 9.56. The van der Waals surface area contributed by atoms with Crippen LogP contribution in [0.2, 0.25) is 0 Å². The van der Waals surface area contributed by atoms with Gasteiger partial charge in [0.2, 0.25) is 0 Å². The smallest absolute Gasteiger partial charge is 0.339 e. The molecule has 1 heterocycles. The van der Waals surface area contributed by atoms with Crippen LogP contribution in [0.5, 0.6) is 0 Å². The molecule has 0 aliphatic rings. The Bertz CT molecular complexity index is 602. The van der Waals surface area contributed by atoms with Crippen molar-refractivity contribution in [3.8, 4) is 0 Å². The molecular formula is C14H14BrN3O2. The highest BCUT2D eigenvalue weighted by molar-refractivity contribution is 9.10. The van der Waals surface area contributed by atoms with E-state index in [1.54, 1.807) is 0 Å². The Morgan fingerprint density at radius 2 is 2.00 bits per heavy atom. The van der Waals surface area contributed by atoms with E-state index in [0.29, 0.717) is 12.2 Å². The summed E-state index contributed by atoms with van der Waals surface area (Å²) in [5.74, 6) is -1.00. The maximum absolute atomic E-state index is 11.1. The standard InChI is InChI=1S/C14H14BrN3O2/c1-18(7-10-2-4-11(15)5-3-10)8-13-12(14(19)20)6-16-9-17-13/h2-6,9H,7-8H2,1H3,(H,19,20). The third-order valence-corrected chi connectivity index (χ3v) is 3.34. The van der Waals surface area contributed by atoms with Crippen molar-refractivity contribution in [2.45, 2.75) is 13.1 Å². The monoisotopic (exact) mass is 335 g/mol. The first-order valence-corrected chi connectivity index (χ1v) is 6.80. The Labute approximate surface area is 125 Å². The van der Waals surface area contributed by atoms with Gasteiger partial charge in [0.1, 0.15) is 11.9 Å². The lowest BCUT2D eigenvalue weighted by Gasteiger charge is -2.17. The van der Waals surface area contributed by atoms with Gasteiger partial charge >= 0.3 is 5.97 Å². The molecule has 0 spiro atoms. The van der Waals surface area contributed by atoms with Crippen molar-refractivity contribution in [1.82, 2.24) is 14.9 Å². The zero-order valence-electron chi connectivity index (χ0n) is 11.0. The summed E-state index contributed by atoms with van der Waals surface area (Å²) in [7, 11) is 1.93. The largest absolute Gasteiger partial charge is 0.478 e. The van der Waals surface area contributed by atoms with Crippen molar-refractivity contribution in [2.75, 3.05) is 7.05 Å². The van der Waals surface area contributed by atoms with Gasteiger partial charge < -0.3 is 5.11 Å². The van der Waals surface area contributed by atoms with Crippen molar-refractivity contribution in [2.24, 2.45) is 0 Å². The van der Waals surface area contributed by atoms with E-state index in [9.17, 15) is 4.79 Å². The number of hydrogen-bond donors (Lipinski definition) is 1. The molecule has 0 unspecified atom stereocenters. The molecule has 1 N–H and O–H groups in total. The molecule has 0 aliphatic heterocycles. The molecule has 20 heavy (non-hydrogen) atoms. The lowest BCUT2D eigenvalue weighted by molar-refractivity contribution is 0.0693. The van der Waals surface area contributed by atoms with Gasteiger partial charge in [0, 0.05) is 23.8 Å². The van der Waals surface area contributed by atoms with Gasteiger partial charge in [-0.3, -0.25) is 4.90 Å². The molecule has 0 saturated heterocycles. The second-order valence-electron chi connectivity index (χ2n) is 4.49. The second-order valence-corrected chi connectivity index (χ2v) is 5.40. The van der Waals surface area contributed by atoms with E-state index in [2.05, 4.69) is 25.9 Å². The molecule has 5 nitrogen and oxygen atoms in total. The zero-order chi connectivity index (χ0) is 14.5. The number of hydrogen-bond acceptors (Lipinski definition) is 4. The van der Waals surface area contributed by atoms with Gasteiger partial charge in [0.15, 0.2) is 0 Å². The molecule has 0 aliphatic carbocycles. The zero-order valence-corrected chi connectivity index (χ0v) is 12.5. The van der Waals surface area contributed by atoms with E-state index >= 15 is 0 Å². The molecule has 2 aromatic rings. The van der Waals surface area contributed by atoms with Gasteiger partial charge in [0.25, 0.3) is 0 Å². The van der Waals surface area contributed by atoms with Crippen molar-refractivity contribution < 1.29 is 9.90 Å². The minimum atomic E-state index is -1.00. The highest BCUT2D eigenvalue weighted by Crippen LogP contribution is 2.13. The average molecular weight is 336 g/mol. The van der Waals surface area contributed by atoms with Crippen molar-refractivity contribution in [3.63, 3.8) is 0 Å². The van der Waals surface area contributed by atoms with E-state index in [1.165, 1.54) is 12.5 Å². The van der Waals surface area contributed by atoms with Gasteiger partial charge in [-0.1, -0.05) is 28.1 Å². The number of carboxylic acids is 1. The molecule has 0 fully saturated rings. The summed E-state index contributed by atoms with van der Waals surface area (Å²) >= 11 is 3.40. The molecule has 1 aromatic carbocycles. The number of carboxylic acid groups (broad SMARTS) is 1. The van der Waals surface area contributed by atoms with Crippen LogP contribution in [-0.2, 0) is 13.1 Å². The number of halogens is 1. The van der Waals surface area contributed by atoms with Crippen LogP contribution in [0.4, 0.5) is 0 Å². The highest BCUT2D eigenvalue weighted by atomic mass is 79.9. The van der Waals surface area contributed by atoms with Gasteiger partial charge in [0.05, 0.1) is 5.69 Å². The molecule has 0 atom stereocenters. The van der Waals surface area contributed by atoms with Crippen LogP contribution < -0.4 is 0 Å². The van der Waals surface area contributed by atoms with Crippen LogP contribution >= 0.6 is 15.9 Å². The molecule has 0 radical (unpaired) electrons. The Kier molecular flexibility index (Phi) is 4.81. The summed E-state index contributed by atoms with van der Waals surface area (Å²) < 4.78 is 1.04. The maximum atomic E-state index is 11.1. The Hall–Kier alpha value is -1.79. The number of benzene rings is 1. The molecule has 0 saturated carbocycles. The topological polar surface area (TPSA) is 66.3 Å². The fraction of sp³-hybridized carbons (Fsp3) is 0.214. The Morgan fingerprint density at radius 1 is 1.30 bits per heavy atom. The fourth-order valence-electron chi connectivity index (χ4n) is 1.87. The normalized spacial score (nSPS) is 10.8. The molecule has 2 rings (SSSR count). The van der Waals surface area contributed by atoms with Crippen LogP contribution in [-0.4, -0.2) is 33.0 Å². The van der Waals surface area contributed by atoms with Crippen LogP contribution in [0, 0.1) is 0 Å². The van der Waals surface area contributed by atoms with E-state index in [-0.39, 0.29) is 5.56 Å². The number of nitrogens with zero attached hydrogens (tertiary/aromatic N) is 3. The number of carbonyl (C=O) groups is 1. The molecule has 6 heteroatoms. The van der Waals surface area contributed by atoms with Crippen LogP contribution in [0.1, 0.15) is 21.6 Å². The van der Waals surface area contributed by atoms with Crippen molar-refractivity contribution >= 4 is 21.9 Å². The van der Waals surface area contributed by atoms with Crippen LogP contribution in [0.3, 0.4) is 0 Å². The number of rotatable bonds is 5. The quantitative estimate of drug-likeness (QED) is 0.909. The SMILES string of the molecule is CN(Cc1ccc(Br)cc1)Cc1ncncc1C(=O)O. The number of aromatic carboxylic acids is 1. The Balaban J connectivity index is 2.06. The summed E-state index contributed by atoms with van der Waals surface area (Å²) in [4.78, 5) is 20.9. The third kappa shape index (κ3) is 3.85. The third-order valence-electron chi connectivity index (χ3n) is 2.81. The molecule has 0 amide bonds. The minimum Gasteiger partial charge on any atom is -0.478 e. The maximum Gasteiger partial charge on any atom is 0.339 e. The average Bonchev–Trinajstić information content (AvgIpc) is 2.41. The van der Waals surface area contributed by atoms with E-state index in [4.69, 9.17) is 5.11 Å². The lowest BCUT2D eigenvalue weighted by atomic mass is 10.2. The summed E-state index contributed by atoms with van der Waals surface area (Å²) in [6, 6.07) is 8.02. The van der Waals surface area contributed by atoms with Crippen molar-refractivity contribution in [3.05, 3.63) is 58.1 Å². The molecule has 0 bridgehead atoms. The van der Waals surface area contributed by atoms with E-state index in [0.717, 1.165) is 16.6 Å². The summed E-state index contributed by atoms with van der Waals surface area (Å²) in [5.41, 5.74) is 1.82. The lowest BCUT2D eigenvalue weighted by Crippen LogP contribution is -2.20. The fourth-order valence-corrected chi connectivity index (χ4v) is 2.14. The first kappa shape index (κ1) is 14.6. The van der Waals surface area contributed by atoms with E-state index < -0.39 is 5.97 Å². The van der Waals surface area contributed by atoms with Crippen LogP contribution in [0.15, 0.2) is 41.3 Å². The van der Waals surface area contributed by atoms with Gasteiger partial charge in [-0.25, -0.2) is 14.8 Å². The van der Waals surface area contributed by atoms with Gasteiger partial charge in [-0.05, 0) is 24.7 Å². The minimum absolute atomic E-state index is 0.148. The predicted octanol–water partition coefficient (Wildman–Crippen LogP) is 2.57.